The van der Waals surface area contributed by atoms with Crippen molar-refractivity contribution in [1.82, 2.24) is 20.6 Å². The van der Waals surface area contributed by atoms with Crippen LogP contribution in [0.5, 0.6) is 11.5 Å². The number of aromatic amines is 1. The highest BCUT2D eigenvalue weighted by molar-refractivity contribution is 5.98. The number of nitrogens with zero attached hydrogens (tertiary/aromatic N) is 1. The van der Waals surface area contributed by atoms with Gasteiger partial charge in [0.05, 0.1) is 22.0 Å². The van der Waals surface area contributed by atoms with Gasteiger partial charge in [-0.25, -0.2) is 9.78 Å². The Bertz CT molecular complexity index is 1590. The Morgan fingerprint density at radius 2 is 1.74 bits per heavy atom. The van der Waals surface area contributed by atoms with E-state index in [0.717, 1.165) is 0 Å². The number of amides is 3. The SMILES string of the molecule is CNC(=O)C(C)(C)c1cc(-c2nc3ccc(C(=N)N)cc3[nH]2)c(O)c(-c2cc(CNC(N)=O)ccc2O)c1. The lowest BCUT2D eigenvalue weighted by molar-refractivity contribution is -0.125. The van der Waals surface area contributed by atoms with Crippen LogP contribution >= 0.6 is 0 Å². The number of benzene rings is 3. The van der Waals surface area contributed by atoms with Crippen molar-refractivity contribution in [3.63, 3.8) is 0 Å². The van der Waals surface area contributed by atoms with Gasteiger partial charge in [-0.15, -0.1) is 0 Å². The molecule has 0 saturated heterocycles. The molecule has 0 bridgehead atoms. The van der Waals surface area contributed by atoms with Crippen LogP contribution < -0.4 is 22.1 Å². The molecule has 11 nitrogen and oxygen atoms in total. The van der Waals surface area contributed by atoms with Crippen molar-refractivity contribution < 1.29 is 19.8 Å². The molecule has 0 unspecified atom stereocenters. The number of nitrogens with one attached hydrogen (secondary N) is 4. The number of carbonyl (C=O) groups excluding carboxylic acids is 2. The molecule has 0 aliphatic rings. The molecule has 0 aliphatic carbocycles. The predicted molar refractivity (Wildman–Crippen MR) is 145 cm³/mol. The number of nitrogen functional groups attached to an aromatic ring is 1. The summed E-state index contributed by atoms with van der Waals surface area (Å²) in [5.74, 6) is -0.314. The normalized spacial score (nSPS) is 11.3. The van der Waals surface area contributed by atoms with E-state index >= 15 is 0 Å². The zero-order valence-electron chi connectivity index (χ0n) is 21.1. The lowest BCUT2D eigenvalue weighted by Gasteiger charge is -2.25. The van der Waals surface area contributed by atoms with Gasteiger partial charge in [0.2, 0.25) is 5.91 Å². The van der Waals surface area contributed by atoms with Crippen LogP contribution in [0.4, 0.5) is 4.79 Å². The minimum Gasteiger partial charge on any atom is -0.507 e. The molecule has 0 spiro atoms. The number of imidazole rings is 1. The maximum atomic E-state index is 12.8. The average molecular weight is 516 g/mol. The van der Waals surface area contributed by atoms with E-state index in [1.807, 2.05) is 0 Å². The molecule has 3 aromatic carbocycles. The van der Waals surface area contributed by atoms with Gasteiger partial charge in [0.15, 0.2) is 0 Å². The second kappa shape index (κ2) is 9.77. The third kappa shape index (κ3) is 4.81. The molecular formula is C27H29N7O4. The molecule has 0 fully saturated rings. The molecule has 1 aromatic heterocycles. The molecule has 38 heavy (non-hydrogen) atoms. The van der Waals surface area contributed by atoms with Crippen LogP contribution in [0.15, 0.2) is 48.5 Å². The van der Waals surface area contributed by atoms with Crippen LogP contribution in [0.2, 0.25) is 0 Å². The molecule has 0 atom stereocenters. The topological polar surface area (TPSA) is 203 Å². The summed E-state index contributed by atoms with van der Waals surface area (Å²) < 4.78 is 0. The van der Waals surface area contributed by atoms with E-state index in [4.69, 9.17) is 16.9 Å². The number of hydrogen-bond acceptors (Lipinski definition) is 6. The van der Waals surface area contributed by atoms with Crippen LogP contribution in [-0.2, 0) is 16.8 Å². The second-order valence-corrected chi connectivity index (χ2v) is 9.42. The Morgan fingerprint density at radius 1 is 1.03 bits per heavy atom. The number of amidine groups is 1. The summed E-state index contributed by atoms with van der Waals surface area (Å²) in [6, 6.07) is 12.4. The number of aromatic nitrogens is 2. The number of urea groups is 1. The number of hydrogen-bond donors (Lipinski definition) is 8. The van der Waals surface area contributed by atoms with Gasteiger partial charge in [0.25, 0.3) is 0 Å². The second-order valence-electron chi connectivity index (χ2n) is 9.42. The van der Waals surface area contributed by atoms with Gasteiger partial charge in [-0.2, -0.15) is 0 Å². The van der Waals surface area contributed by atoms with Crippen LogP contribution in [-0.4, -0.2) is 45.0 Å². The Hall–Kier alpha value is -5.06. The van der Waals surface area contributed by atoms with Crippen molar-refractivity contribution in [3.8, 4) is 34.0 Å². The Balaban J connectivity index is 1.96. The van der Waals surface area contributed by atoms with Crippen molar-refractivity contribution in [3.05, 3.63) is 65.2 Å². The summed E-state index contributed by atoms with van der Waals surface area (Å²) in [4.78, 5) is 31.7. The number of H-pyrrole nitrogens is 1. The maximum Gasteiger partial charge on any atom is 0.312 e. The molecule has 1 heterocycles. The van der Waals surface area contributed by atoms with Crippen LogP contribution in [0.25, 0.3) is 33.5 Å². The van der Waals surface area contributed by atoms with Crippen LogP contribution in [0.3, 0.4) is 0 Å². The lowest BCUT2D eigenvalue weighted by atomic mass is 9.80. The maximum absolute atomic E-state index is 12.8. The number of likely N-dealkylation sites (N-methyl/N-ethyl adjacent to an activating group) is 1. The third-order valence-electron chi connectivity index (χ3n) is 6.49. The molecule has 11 heteroatoms. The molecule has 196 valence electrons. The van der Waals surface area contributed by atoms with Gasteiger partial charge in [0.1, 0.15) is 23.2 Å². The Labute approximate surface area is 218 Å². The van der Waals surface area contributed by atoms with E-state index in [2.05, 4.69) is 20.6 Å². The highest BCUT2D eigenvalue weighted by atomic mass is 16.3. The molecule has 0 radical (unpaired) electrons. The zero-order valence-corrected chi connectivity index (χ0v) is 21.1. The largest absolute Gasteiger partial charge is 0.507 e. The number of nitrogens with two attached hydrogens (primary N) is 2. The number of rotatable bonds is 7. The van der Waals surface area contributed by atoms with E-state index in [9.17, 15) is 19.8 Å². The summed E-state index contributed by atoms with van der Waals surface area (Å²) >= 11 is 0. The molecular weight excluding hydrogens is 486 g/mol. The summed E-state index contributed by atoms with van der Waals surface area (Å²) in [5, 5.41) is 35.1. The van der Waals surface area contributed by atoms with E-state index < -0.39 is 11.4 Å². The molecule has 10 N–H and O–H groups in total. The van der Waals surface area contributed by atoms with E-state index in [1.165, 1.54) is 6.07 Å². The number of primary amides is 1. The predicted octanol–water partition coefficient (Wildman–Crippen LogP) is 2.78. The lowest BCUT2D eigenvalue weighted by Crippen LogP contribution is -2.38. The number of phenolic OH excluding ortho intramolecular Hbond substituents is 2. The van der Waals surface area contributed by atoms with Gasteiger partial charge in [-0.05, 0) is 67.4 Å². The number of phenols is 2. The monoisotopic (exact) mass is 515 g/mol. The van der Waals surface area contributed by atoms with Crippen molar-refractivity contribution in [2.75, 3.05) is 7.05 Å². The van der Waals surface area contributed by atoms with Gasteiger partial charge in [-0.1, -0.05) is 6.07 Å². The fourth-order valence-corrected chi connectivity index (χ4v) is 4.23. The van der Waals surface area contributed by atoms with Crippen molar-refractivity contribution in [2.45, 2.75) is 25.8 Å². The highest BCUT2D eigenvalue weighted by Gasteiger charge is 2.31. The molecule has 0 saturated carbocycles. The van der Waals surface area contributed by atoms with Crippen molar-refractivity contribution >= 4 is 28.8 Å². The standard InChI is InChI=1S/C27H29N7O4/c1-27(2,25(37)31-3)15-10-17(16-8-13(4-7-21(16)35)12-32-26(30)38)22(36)18(11-15)24-33-19-6-5-14(23(28)29)9-20(19)34-24/h4-11,35-36H,12H2,1-3H3,(H3,28,29)(H,31,37)(H,33,34)(H3,30,32,38). The van der Waals surface area contributed by atoms with Crippen molar-refractivity contribution in [1.29, 1.82) is 5.41 Å². The number of aromatic hydroxyl groups is 2. The van der Waals surface area contributed by atoms with E-state index in [1.54, 1.807) is 63.4 Å². The van der Waals surface area contributed by atoms with Crippen molar-refractivity contribution in [2.24, 2.45) is 11.5 Å². The zero-order chi connectivity index (χ0) is 27.8. The average Bonchev–Trinajstić information content (AvgIpc) is 3.31. The molecule has 4 aromatic rings. The first-order chi connectivity index (χ1) is 17.9. The first-order valence-corrected chi connectivity index (χ1v) is 11.7. The third-order valence-corrected chi connectivity index (χ3v) is 6.49. The highest BCUT2D eigenvalue weighted by Crippen LogP contribution is 2.44. The Morgan fingerprint density at radius 3 is 2.39 bits per heavy atom. The minimum absolute atomic E-state index is 0.0938. The van der Waals surface area contributed by atoms with Crippen LogP contribution in [0, 0.1) is 5.41 Å². The first kappa shape index (κ1) is 26.0. The summed E-state index contributed by atoms with van der Waals surface area (Å²) in [6.07, 6.45) is 0. The molecule has 3 amide bonds. The quantitative estimate of drug-likeness (QED) is 0.137. The van der Waals surface area contributed by atoms with E-state index in [0.29, 0.717) is 39.1 Å². The Kier molecular flexibility index (Phi) is 6.69. The van der Waals surface area contributed by atoms with Gasteiger partial charge in [0, 0.05) is 30.3 Å². The molecule has 0 aliphatic heterocycles. The smallest absolute Gasteiger partial charge is 0.312 e. The van der Waals surface area contributed by atoms with E-state index in [-0.39, 0.29) is 40.9 Å². The molecule has 4 rings (SSSR count). The van der Waals surface area contributed by atoms with Crippen LogP contribution in [0.1, 0.15) is 30.5 Å². The van der Waals surface area contributed by atoms with Gasteiger partial charge >= 0.3 is 6.03 Å². The summed E-state index contributed by atoms with van der Waals surface area (Å²) in [5.41, 5.74) is 13.5. The minimum atomic E-state index is -1.01. The van der Waals surface area contributed by atoms with Gasteiger partial charge < -0.3 is 37.3 Å². The summed E-state index contributed by atoms with van der Waals surface area (Å²) in [6.45, 7) is 3.61. The summed E-state index contributed by atoms with van der Waals surface area (Å²) in [7, 11) is 1.54. The first-order valence-electron chi connectivity index (χ1n) is 11.7. The number of fused-ring (bicyclic) bond motifs is 1. The fourth-order valence-electron chi connectivity index (χ4n) is 4.23. The number of carbonyl (C=O) groups is 2. The fraction of sp³-hybridized carbons (Fsp3) is 0.185. The van der Waals surface area contributed by atoms with Gasteiger partial charge in [-0.3, -0.25) is 10.2 Å².